The minimum Gasteiger partial charge on any atom is -0.506 e. The molecule has 2 saturated heterocycles. The number of aryl methyl sites for hydroxylation is 1. The van der Waals surface area contributed by atoms with Gasteiger partial charge in [-0.15, -0.1) is 0 Å². The molecule has 12 nitrogen and oxygen atoms in total. The van der Waals surface area contributed by atoms with Crippen LogP contribution in [0.2, 0.25) is 0 Å². The largest absolute Gasteiger partial charge is 0.506 e. The Morgan fingerprint density at radius 1 is 0.966 bits per heavy atom. The van der Waals surface area contributed by atoms with Crippen LogP contribution in [-0.2, 0) is 38.4 Å². The molecular formula is C46H61N5O7. The molecule has 3 amide bonds. The maximum Gasteiger partial charge on any atom is 0.262 e. The highest BCUT2D eigenvalue weighted by molar-refractivity contribution is 5.97. The molecule has 1 aliphatic carbocycles. The summed E-state index contributed by atoms with van der Waals surface area (Å²) in [5.41, 5.74) is 5.29. The smallest absolute Gasteiger partial charge is 0.262 e. The lowest BCUT2D eigenvalue weighted by Crippen LogP contribution is -2.58. The van der Waals surface area contributed by atoms with Crippen molar-refractivity contribution in [1.82, 2.24) is 20.0 Å². The highest BCUT2D eigenvalue weighted by atomic mass is 16.5. The monoisotopic (exact) mass is 795 g/mol. The van der Waals surface area contributed by atoms with E-state index in [1.807, 2.05) is 42.2 Å². The van der Waals surface area contributed by atoms with Crippen molar-refractivity contribution in [3.05, 3.63) is 88.5 Å². The van der Waals surface area contributed by atoms with Crippen molar-refractivity contribution in [2.45, 2.75) is 89.3 Å². The van der Waals surface area contributed by atoms with E-state index >= 15 is 0 Å². The van der Waals surface area contributed by atoms with E-state index in [0.717, 1.165) is 81.3 Å². The van der Waals surface area contributed by atoms with Gasteiger partial charge in [0.2, 0.25) is 5.91 Å². The number of anilines is 1. The maximum absolute atomic E-state index is 13.5. The Morgan fingerprint density at radius 3 is 2.60 bits per heavy atom. The summed E-state index contributed by atoms with van der Waals surface area (Å²) in [6.45, 7) is 9.52. The first kappa shape index (κ1) is 41.7. The van der Waals surface area contributed by atoms with Gasteiger partial charge in [0.25, 0.3) is 11.8 Å². The lowest BCUT2D eigenvalue weighted by Gasteiger charge is -2.47. The van der Waals surface area contributed by atoms with Crippen molar-refractivity contribution in [3.8, 4) is 11.5 Å². The van der Waals surface area contributed by atoms with E-state index in [0.29, 0.717) is 76.8 Å². The Kier molecular flexibility index (Phi) is 14.4. The molecule has 58 heavy (non-hydrogen) atoms. The first-order chi connectivity index (χ1) is 28.3. The van der Waals surface area contributed by atoms with Gasteiger partial charge in [-0.05, 0) is 86.4 Å². The average Bonchev–Trinajstić information content (AvgIpc) is 3.24. The topological polar surface area (TPSA) is 133 Å². The number of hydrogen-bond donors (Lipinski definition) is 3. The number of ether oxygens (including phenoxy) is 3. The fourth-order valence-electron chi connectivity index (χ4n) is 9.02. The Hall–Kier alpha value is -4.49. The number of benzene rings is 3. The number of piperidine rings is 1. The number of amides is 3. The molecule has 4 aliphatic rings. The lowest BCUT2D eigenvalue weighted by molar-refractivity contribution is -0.135. The number of nitrogens with one attached hydrogen (secondary N) is 2. The van der Waals surface area contributed by atoms with Crippen molar-refractivity contribution >= 4 is 23.4 Å². The molecule has 3 aliphatic heterocycles. The maximum atomic E-state index is 13.5. The summed E-state index contributed by atoms with van der Waals surface area (Å²) < 4.78 is 18.0. The van der Waals surface area contributed by atoms with E-state index in [4.69, 9.17) is 14.2 Å². The Labute approximate surface area is 343 Å². The van der Waals surface area contributed by atoms with Crippen LogP contribution >= 0.6 is 0 Å². The third-order valence-corrected chi connectivity index (χ3v) is 12.3. The van der Waals surface area contributed by atoms with E-state index in [-0.39, 0.29) is 41.7 Å². The first-order valence-electron chi connectivity index (χ1n) is 21.4. The van der Waals surface area contributed by atoms with Gasteiger partial charge in [0.05, 0.1) is 38.4 Å². The summed E-state index contributed by atoms with van der Waals surface area (Å²) in [6, 6.07) is 20.3. The Morgan fingerprint density at radius 2 is 1.78 bits per heavy atom. The quantitative estimate of drug-likeness (QED) is 0.127. The normalized spacial score (nSPS) is 18.4. The van der Waals surface area contributed by atoms with Gasteiger partial charge in [-0.25, -0.2) is 0 Å². The second-order valence-corrected chi connectivity index (χ2v) is 16.4. The zero-order chi connectivity index (χ0) is 40.3. The summed E-state index contributed by atoms with van der Waals surface area (Å²) in [7, 11) is 0. The SMILES string of the molecule is Cc1ccccc1C(=O)N1CCOC2(CCN(Cc3cccc(CCOCCC(=O)N(CCNCCc4ccc(O)c5c4OCC(=O)N5)C4CCCCC4)c3)CC2)C1. The van der Waals surface area contributed by atoms with Gasteiger partial charge in [0.1, 0.15) is 11.4 Å². The number of phenolic OH excluding ortho intramolecular Hbond substituents is 1. The molecule has 0 bridgehead atoms. The standard InChI is InChI=1S/C46H61N5O7/c1-34-8-5-6-13-39(34)45(55)50-26-29-58-46(33-50)19-23-49(24-20-46)31-36-10-7-9-35(30-36)17-27-56-28-18-42(54)51(38-11-3-2-4-12-38)25-22-47-21-16-37-14-15-40(52)43-44(37)57-32-41(53)48-43/h5-10,13-15,30,38,47,52H,2-4,11-12,16-29,31-33H2,1H3,(H,48,53). The van der Waals surface area contributed by atoms with Crippen LogP contribution in [0.25, 0.3) is 0 Å². The van der Waals surface area contributed by atoms with Gasteiger partial charge < -0.3 is 39.8 Å². The summed E-state index contributed by atoms with van der Waals surface area (Å²) in [5, 5.41) is 16.3. The molecule has 3 aromatic carbocycles. The van der Waals surface area contributed by atoms with Crippen molar-refractivity contribution < 1.29 is 33.7 Å². The number of likely N-dealkylation sites (tertiary alicyclic amines) is 1. The van der Waals surface area contributed by atoms with Crippen LogP contribution in [0.3, 0.4) is 0 Å². The average molecular weight is 796 g/mol. The van der Waals surface area contributed by atoms with E-state index in [1.54, 1.807) is 6.07 Å². The van der Waals surface area contributed by atoms with Crippen molar-refractivity contribution in [1.29, 1.82) is 0 Å². The molecular weight excluding hydrogens is 735 g/mol. The summed E-state index contributed by atoms with van der Waals surface area (Å²) in [6.07, 6.45) is 9.28. The third kappa shape index (κ3) is 10.8. The zero-order valence-corrected chi connectivity index (χ0v) is 34.1. The number of nitrogens with zero attached hydrogens (tertiary/aromatic N) is 3. The molecule has 1 saturated carbocycles. The van der Waals surface area contributed by atoms with Crippen LogP contribution < -0.4 is 15.4 Å². The number of rotatable bonds is 16. The van der Waals surface area contributed by atoms with Gasteiger partial charge in [-0.2, -0.15) is 0 Å². The van der Waals surface area contributed by atoms with Crippen LogP contribution in [0.4, 0.5) is 5.69 Å². The molecule has 312 valence electrons. The highest BCUT2D eigenvalue weighted by Gasteiger charge is 2.41. The van der Waals surface area contributed by atoms with Crippen molar-refractivity contribution in [3.63, 3.8) is 0 Å². The molecule has 1 spiro atoms. The van der Waals surface area contributed by atoms with E-state index in [1.165, 1.54) is 17.5 Å². The van der Waals surface area contributed by atoms with Crippen LogP contribution in [0.1, 0.15) is 84.0 Å². The number of hydrogen-bond acceptors (Lipinski definition) is 9. The second-order valence-electron chi connectivity index (χ2n) is 16.4. The summed E-state index contributed by atoms with van der Waals surface area (Å²) in [5.74, 6) is 0.501. The summed E-state index contributed by atoms with van der Waals surface area (Å²) >= 11 is 0. The fraction of sp³-hybridized carbons (Fsp3) is 0.543. The molecule has 7 rings (SSSR count). The third-order valence-electron chi connectivity index (χ3n) is 12.3. The van der Waals surface area contributed by atoms with E-state index in [9.17, 15) is 19.5 Å². The van der Waals surface area contributed by atoms with Crippen LogP contribution in [-0.4, -0.2) is 121 Å². The zero-order valence-electron chi connectivity index (χ0n) is 34.1. The number of aromatic hydroxyl groups is 1. The molecule has 3 fully saturated rings. The van der Waals surface area contributed by atoms with E-state index < -0.39 is 0 Å². The molecule has 12 heteroatoms. The first-order valence-corrected chi connectivity index (χ1v) is 21.4. The summed E-state index contributed by atoms with van der Waals surface area (Å²) in [4.78, 5) is 45.2. The molecule has 3 aromatic rings. The molecule has 3 heterocycles. The number of carbonyl (C=O) groups excluding carboxylic acids is 3. The van der Waals surface area contributed by atoms with Gasteiger partial charge in [-0.3, -0.25) is 19.3 Å². The van der Waals surface area contributed by atoms with Crippen LogP contribution in [0, 0.1) is 6.92 Å². The molecule has 0 radical (unpaired) electrons. The molecule has 0 atom stereocenters. The lowest BCUT2D eigenvalue weighted by atomic mass is 9.88. The predicted octanol–water partition coefficient (Wildman–Crippen LogP) is 5.48. The van der Waals surface area contributed by atoms with Crippen LogP contribution in [0.5, 0.6) is 11.5 Å². The minimum atomic E-state index is -0.279. The van der Waals surface area contributed by atoms with Gasteiger partial charge >= 0.3 is 0 Å². The number of carbonyl (C=O) groups is 3. The van der Waals surface area contributed by atoms with E-state index in [2.05, 4.69) is 44.7 Å². The van der Waals surface area contributed by atoms with Crippen molar-refractivity contribution in [2.75, 3.05) is 77.6 Å². The minimum absolute atomic E-state index is 0.00368. The molecule has 0 aromatic heterocycles. The number of phenols is 1. The number of fused-ring (bicyclic) bond motifs is 1. The van der Waals surface area contributed by atoms with Crippen LogP contribution in [0.15, 0.2) is 60.7 Å². The molecule has 0 unspecified atom stereocenters. The van der Waals surface area contributed by atoms with Crippen molar-refractivity contribution in [2.24, 2.45) is 0 Å². The predicted molar refractivity (Wildman–Crippen MR) is 223 cm³/mol. The second kappa shape index (κ2) is 20.0. The Balaban J connectivity index is 0.813. The number of morpholine rings is 1. The van der Waals surface area contributed by atoms with Gasteiger partial charge in [-0.1, -0.05) is 67.8 Å². The molecule has 3 N–H and O–H groups in total. The highest BCUT2D eigenvalue weighted by Crippen LogP contribution is 2.39. The van der Waals surface area contributed by atoms with Gasteiger partial charge in [0.15, 0.2) is 12.4 Å². The fourth-order valence-corrected chi connectivity index (χ4v) is 9.02. The Bertz CT molecular complexity index is 1870. The van der Waals surface area contributed by atoms with Gasteiger partial charge in [0, 0.05) is 50.9 Å².